The van der Waals surface area contributed by atoms with Crippen LogP contribution in [0.1, 0.15) is 15.9 Å². The molecule has 0 aromatic heterocycles. The number of carbonyl (C=O) groups excluding carboxylic acids is 2. The Balaban J connectivity index is 2.16. The summed E-state index contributed by atoms with van der Waals surface area (Å²) >= 11 is 0. The van der Waals surface area contributed by atoms with Gasteiger partial charge in [0.15, 0.2) is 11.9 Å². The number of aldehydes is 1. The third-order valence-corrected chi connectivity index (χ3v) is 3.61. The molecule has 8 nitrogen and oxygen atoms in total. The summed E-state index contributed by atoms with van der Waals surface area (Å²) in [4.78, 5) is 35.0. The first-order chi connectivity index (χ1) is 12.5. The third-order valence-electron chi connectivity index (χ3n) is 3.61. The van der Waals surface area contributed by atoms with Gasteiger partial charge in [0.05, 0.1) is 7.11 Å². The zero-order chi connectivity index (χ0) is 19.0. The lowest BCUT2D eigenvalue weighted by Crippen LogP contribution is -2.66. The Bertz CT molecular complexity index is 764. The molecule has 136 valence electrons. The molecule has 0 saturated carbocycles. The van der Waals surface area contributed by atoms with Crippen molar-refractivity contribution in [2.45, 2.75) is 12.1 Å². The van der Waals surface area contributed by atoms with Gasteiger partial charge in [-0.05, 0) is 29.8 Å². The molecule has 0 heterocycles. The Labute approximate surface area is 150 Å². The maximum absolute atomic E-state index is 12.1. The lowest BCUT2D eigenvalue weighted by atomic mass is 10.0. The summed E-state index contributed by atoms with van der Waals surface area (Å²) < 4.78 is 5.07. The highest BCUT2D eigenvalue weighted by Crippen LogP contribution is 2.15. The van der Waals surface area contributed by atoms with E-state index in [1.807, 2.05) is 0 Å². The number of methoxy groups -OCH3 is 1. The quantitative estimate of drug-likeness (QED) is 0.322. The molecule has 0 radical (unpaired) electrons. The molecule has 0 aliphatic carbocycles. The van der Waals surface area contributed by atoms with Crippen molar-refractivity contribution in [3.8, 4) is 5.75 Å². The fourth-order valence-electron chi connectivity index (χ4n) is 2.31. The van der Waals surface area contributed by atoms with Crippen LogP contribution in [0.3, 0.4) is 0 Å². The molecule has 0 aliphatic heterocycles. The van der Waals surface area contributed by atoms with E-state index in [2.05, 4.69) is 16.2 Å². The first-order valence-electron chi connectivity index (χ1n) is 7.71. The fraction of sp³-hybridized carbons (Fsp3) is 0.167. The first kappa shape index (κ1) is 18.9. The predicted octanol–water partition coefficient (Wildman–Crippen LogP) is 1.34. The fourth-order valence-corrected chi connectivity index (χ4v) is 2.31. The second-order valence-electron chi connectivity index (χ2n) is 5.49. The Kier molecular flexibility index (Phi) is 6.29. The molecule has 2 rings (SSSR count). The highest BCUT2D eigenvalue weighted by atomic mass is 16.5. The smallest absolute Gasteiger partial charge is 0.406 e. The molecular formula is C18H19N3O5. The molecule has 1 atom stereocenters. The van der Waals surface area contributed by atoms with Gasteiger partial charge in [-0.1, -0.05) is 30.3 Å². The number of hydrogen-bond acceptors (Lipinski definition) is 5. The van der Waals surface area contributed by atoms with E-state index in [1.165, 1.54) is 7.11 Å². The standard InChI is InChI=1S/C18H19N3O5/c1-26-15-9-7-13(8-10-15)11-18(12-22,19-17(24)25)21-20-16(23)14-5-3-2-4-6-14/h2-10,12,19,21H,11H2,1H3,(H,20,23)(H,24,25). The predicted molar refractivity (Wildman–Crippen MR) is 93.7 cm³/mol. The summed E-state index contributed by atoms with van der Waals surface area (Å²) in [6.45, 7) is 0. The topological polar surface area (TPSA) is 117 Å². The largest absolute Gasteiger partial charge is 0.497 e. The monoisotopic (exact) mass is 357 g/mol. The van der Waals surface area contributed by atoms with Crippen LogP contribution in [-0.2, 0) is 11.2 Å². The number of carboxylic acid groups (broad SMARTS) is 1. The normalized spacial score (nSPS) is 12.5. The van der Waals surface area contributed by atoms with E-state index >= 15 is 0 Å². The van der Waals surface area contributed by atoms with Crippen LogP contribution in [0.2, 0.25) is 0 Å². The summed E-state index contributed by atoms with van der Waals surface area (Å²) in [5.74, 6) is 0.126. The summed E-state index contributed by atoms with van der Waals surface area (Å²) in [7, 11) is 1.53. The van der Waals surface area contributed by atoms with Gasteiger partial charge in [-0.25, -0.2) is 10.2 Å². The van der Waals surface area contributed by atoms with Crippen LogP contribution in [-0.4, -0.2) is 36.2 Å². The Morgan fingerprint density at radius 2 is 1.77 bits per heavy atom. The lowest BCUT2D eigenvalue weighted by Gasteiger charge is -2.29. The van der Waals surface area contributed by atoms with Crippen LogP contribution < -0.4 is 20.9 Å². The number of hydrogen-bond donors (Lipinski definition) is 4. The molecule has 2 amide bonds. The Hall–Kier alpha value is -3.39. The minimum atomic E-state index is -1.73. The summed E-state index contributed by atoms with van der Waals surface area (Å²) in [6, 6.07) is 15.1. The molecule has 8 heteroatoms. The van der Waals surface area contributed by atoms with E-state index in [4.69, 9.17) is 9.84 Å². The molecule has 4 N–H and O–H groups in total. The van der Waals surface area contributed by atoms with Crippen LogP contribution >= 0.6 is 0 Å². The van der Waals surface area contributed by atoms with Gasteiger partial charge >= 0.3 is 6.09 Å². The van der Waals surface area contributed by atoms with Crippen LogP contribution in [0.4, 0.5) is 4.79 Å². The van der Waals surface area contributed by atoms with Crippen molar-refractivity contribution in [1.29, 1.82) is 0 Å². The minimum absolute atomic E-state index is 0.0259. The molecular weight excluding hydrogens is 338 g/mol. The first-order valence-corrected chi connectivity index (χ1v) is 7.71. The van der Waals surface area contributed by atoms with E-state index < -0.39 is 17.7 Å². The van der Waals surface area contributed by atoms with Crippen molar-refractivity contribution >= 4 is 18.3 Å². The van der Waals surface area contributed by atoms with E-state index in [9.17, 15) is 14.4 Å². The van der Waals surface area contributed by atoms with Crippen molar-refractivity contribution in [3.05, 3.63) is 65.7 Å². The van der Waals surface area contributed by atoms with Crippen molar-refractivity contribution in [2.24, 2.45) is 0 Å². The Morgan fingerprint density at radius 3 is 2.31 bits per heavy atom. The number of hydrazine groups is 1. The number of benzene rings is 2. The molecule has 2 aromatic carbocycles. The molecule has 2 aromatic rings. The maximum atomic E-state index is 12.1. The SMILES string of the molecule is COc1ccc(CC(C=O)(NNC(=O)c2ccccc2)NC(=O)O)cc1. The van der Waals surface area contributed by atoms with E-state index in [0.717, 1.165) is 0 Å². The third kappa shape index (κ3) is 5.05. The average Bonchev–Trinajstić information content (AvgIpc) is 2.66. The summed E-state index contributed by atoms with van der Waals surface area (Å²) in [5.41, 5.74) is 4.16. The van der Waals surface area contributed by atoms with Gasteiger partial charge in [0.2, 0.25) is 0 Å². The molecule has 0 fully saturated rings. The van der Waals surface area contributed by atoms with Crippen LogP contribution in [0.5, 0.6) is 5.75 Å². The van der Waals surface area contributed by atoms with Gasteiger partial charge in [-0.15, -0.1) is 0 Å². The van der Waals surface area contributed by atoms with E-state index in [0.29, 0.717) is 23.2 Å². The van der Waals surface area contributed by atoms with Crippen LogP contribution in [0, 0.1) is 0 Å². The zero-order valence-electron chi connectivity index (χ0n) is 14.1. The minimum Gasteiger partial charge on any atom is -0.497 e. The highest BCUT2D eigenvalue weighted by molar-refractivity contribution is 5.94. The summed E-state index contributed by atoms with van der Waals surface area (Å²) in [6.07, 6.45) is -1.04. The van der Waals surface area contributed by atoms with Gasteiger partial charge in [0, 0.05) is 12.0 Å². The number of ether oxygens (including phenoxy) is 1. The highest BCUT2D eigenvalue weighted by Gasteiger charge is 2.32. The van der Waals surface area contributed by atoms with Crippen molar-refractivity contribution in [3.63, 3.8) is 0 Å². The lowest BCUT2D eigenvalue weighted by molar-refractivity contribution is -0.114. The molecule has 1 unspecified atom stereocenters. The molecule has 0 bridgehead atoms. The zero-order valence-corrected chi connectivity index (χ0v) is 14.1. The van der Waals surface area contributed by atoms with E-state index in [-0.39, 0.29) is 6.42 Å². The number of carbonyl (C=O) groups is 3. The van der Waals surface area contributed by atoms with Crippen molar-refractivity contribution in [1.82, 2.24) is 16.2 Å². The van der Waals surface area contributed by atoms with Crippen molar-refractivity contribution < 1.29 is 24.2 Å². The number of nitrogens with one attached hydrogen (secondary N) is 3. The van der Waals surface area contributed by atoms with Gasteiger partial charge in [-0.3, -0.25) is 20.3 Å². The van der Waals surface area contributed by atoms with Gasteiger partial charge < -0.3 is 9.84 Å². The second-order valence-corrected chi connectivity index (χ2v) is 5.49. The summed E-state index contributed by atoms with van der Waals surface area (Å²) in [5, 5.41) is 11.2. The van der Waals surface area contributed by atoms with Crippen LogP contribution in [0.25, 0.3) is 0 Å². The van der Waals surface area contributed by atoms with Crippen LogP contribution in [0.15, 0.2) is 54.6 Å². The average molecular weight is 357 g/mol. The number of amides is 2. The molecule has 0 aliphatic rings. The van der Waals surface area contributed by atoms with Gasteiger partial charge in [0.25, 0.3) is 5.91 Å². The second kappa shape index (κ2) is 8.63. The van der Waals surface area contributed by atoms with E-state index in [1.54, 1.807) is 54.6 Å². The molecule has 0 saturated heterocycles. The maximum Gasteiger partial charge on any atom is 0.406 e. The Morgan fingerprint density at radius 1 is 1.12 bits per heavy atom. The van der Waals surface area contributed by atoms with Gasteiger partial charge in [-0.2, -0.15) is 0 Å². The van der Waals surface area contributed by atoms with Gasteiger partial charge in [0.1, 0.15) is 5.75 Å². The molecule has 0 spiro atoms. The van der Waals surface area contributed by atoms with Crippen molar-refractivity contribution in [2.75, 3.05) is 7.11 Å². The molecule has 26 heavy (non-hydrogen) atoms. The number of rotatable bonds is 8.